The monoisotopic (exact) mass is 194 g/mol. The number of hydrogen-bond donors (Lipinski definition) is 1. The summed E-state index contributed by atoms with van der Waals surface area (Å²) in [5.41, 5.74) is 0.932. The van der Waals surface area contributed by atoms with E-state index in [0.717, 1.165) is 30.8 Å². The predicted molar refractivity (Wildman–Crippen MR) is 57.5 cm³/mol. The van der Waals surface area contributed by atoms with E-state index >= 15 is 0 Å². The molecule has 2 heteroatoms. The third-order valence-corrected chi connectivity index (χ3v) is 2.10. The number of aliphatic hydroxyl groups is 1. The smallest absolute Gasteiger partial charge is 0.119 e. The second-order valence-electron chi connectivity index (χ2n) is 3.34. The lowest BCUT2D eigenvalue weighted by Crippen LogP contribution is -1.98. The number of ether oxygens (including phenoxy) is 1. The van der Waals surface area contributed by atoms with Crippen molar-refractivity contribution < 1.29 is 9.84 Å². The van der Waals surface area contributed by atoms with Gasteiger partial charge in [-0.1, -0.05) is 26.0 Å². The Morgan fingerprint density at radius 1 is 1.36 bits per heavy atom. The molecule has 1 atom stereocenters. The van der Waals surface area contributed by atoms with Gasteiger partial charge in [-0.05, 0) is 30.5 Å². The van der Waals surface area contributed by atoms with E-state index in [9.17, 15) is 5.11 Å². The van der Waals surface area contributed by atoms with Gasteiger partial charge < -0.3 is 9.84 Å². The molecule has 2 nitrogen and oxygen atoms in total. The highest BCUT2D eigenvalue weighted by molar-refractivity contribution is 5.29. The number of rotatable bonds is 5. The standard InChI is InChI=1S/C12H18O2/c1-3-8-14-11-7-5-6-10(9-11)12(13)4-2/h5-7,9,12-13H,3-4,8H2,1-2H3. The molecule has 0 heterocycles. The number of aliphatic hydroxyl groups excluding tert-OH is 1. The topological polar surface area (TPSA) is 29.5 Å². The predicted octanol–water partition coefficient (Wildman–Crippen LogP) is 2.92. The van der Waals surface area contributed by atoms with Crippen molar-refractivity contribution in [2.45, 2.75) is 32.8 Å². The summed E-state index contributed by atoms with van der Waals surface area (Å²) in [7, 11) is 0. The van der Waals surface area contributed by atoms with Crippen molar-refractivity contribution in [1.82, 2.24) is 0 Å². The molecule has 0 aliphatic carbocycles. The van der Waals surface area contributed by atoms with E-state index in [2.05, 4.69) is 6.92 Å². The lowest BCUT2D eigenvalue weighted by atomic mass is 10.1. The molecule has 1 N–H and O–H groups in total. The Balaban J connectivity index is 2.68. The molecule has 1 aromatic carbocycles. The van der Waals surface area contributed by atoms with Crippen LogP contribution < -0.4 is 4.74 Å². The van der Waals surface area contributed by atoms with Crippen LogP contribution in [0.4, 0.5) is 0 Å². The van der Waals surface area contributed by atoms with Gasteiger partial charge in [-0.15, -0.1) is 0 Å². The Bertz CT molecular complexity index is 271. The van der Waals surface area contributed by atoms with Crippen molar-refractivity contribution in [1.29, 1.82) is 0 Å². The summed E-state index contributed by atoms with van der Waals surface area (Å²) in [5.74, 6) is 0.844. The molecule has 0 amide bonds. The molecule has 0 aliphatic heterocycles. The lowest BCUT2D eigenvalue weighted by Gasteiger charge is -2.10. The van der Waals surface area contributed by atoms with Gasteiger partial charge >= 0.3 is 0 Å². The maximum Gasteiger partial charge on any atom is 0.119 e. The van der Waals surface area contributed by atoms with Crippen LogP contribution in [0.25, 0.3) is 0 Å². The summed E-state index contributed by atoms with van der Waals surface area (Å²) in [6.07, 6.45) is 1.36. The van der Waals surface area contributed by atoms with Crippen molar-refractivity contribution in [3.05, 3.63) is 29.8 Å². The second kappa shape index (κ2) is 5.66. The van der Waals surface area contributed by atoms with Gasteiger partial charge in [0.05, 0.1) is 12.7 Å². The van der Waals surface area contributed by atoms with Gasteiger partial charge in [-0.2, -0.15) is 0 Å². The molecule has 0 bridgehead atoms. The van der Waals surface area contributed by atoms with Crippen LogP contribution in [0.3, 0.4) is 0 Å². The molecular formula is C12H18O2. The molecule has 0 aromatic heterocycles. The third-order valence-electron chi connectivity index (χ3n) is 2.10. The summed E-state index contributed by atoms with van der Waals surface area (Å²) in [4.78, 5) is 0. The van der Waals surface area contributed by atoms with E-state index in [-0.39, 0.29) is 6.10 Å². The molecule has 0 spiro atoms. The van der Waals surface area contributed by atoms with Gasteiger partial charge in [0.2, 0.25) is 0 Å². The third kappa shape index (κ3) is 3.04. The Morgan fingerprint density at radius 2 is 2.14 bits per heavy atom. The van der Waals surface area contributed by atoms with Crippen LogP contribution >= 0.6 is 0 Å². The average molecular weight is 194 g/mol. The first-order valence-electron chi connectivity index (χ1n) is 5.18. The average Bonchev–Trinajstić information content (AvgIpc) is 2.25. The summed E-state index contributed by atoms with van der Waals surface area (Å²) in [6, 6.07) is 7.66. The largest absolute Gasteiger partial charge is 0.494 e. The molecular weight excluding hydrogens is 176 g/mol. The van der Waals surface area contributed by atoms with E-state index < -0.39 is 0 Å². The molecule has 0 radical (unpaired) electrons. The van der Waals surface area contributed by atoms with Gasteiger partial charge in [-0.25, -0.2) is 0 Å². The summed E-state index contributed by atoms with van der Waals surface area (Å²) in [5, 5.41) is 9.62. The van der Waals surface area contributed by atoms with Crippen molar-refractivity contribution in [3.8, 4) is 5.75 Å². The van der Waals surface area contributed by atoms with Crippen LogP contribution in [-0.2, 0) is 0 Å². The van der Waals surface area contributed by atoms with E-state index in [1.165, 1.54) is 0 Å². The van der Waals surface area contributed by atoms with E-state index in [4.69, 9.17) is 4.74 Å². The molecule has 1 aromatic rings. The molecule has 78 valence electrons. The fraction of sp³-hybridized carbons (Fsp3) is 0.500. The first kappa shape index (κ1) is 11.1. The molecule has 0 saturated carbocycles. The Kier molecular flexibility index (Phi) is 4.47. The molecule has 0 aliphatic rings. The van der Waals surface area contributed by atoms with Crippen LogP contribution in [0.1, 0.15) is 38.4 Å². The molecule has 14 heavy (non-hydrogen) atoms. The van der Waals surface area contributed by atoms with Crippen molar-refractivity contribution >= 4 is 0 Å². The van der Waals surface area contributed by atoms with E-state index in [0.29, 0.717) is 0 Å². The Labute approximate surface area is 85.5 Å². The fourth-order valence-electron chi connectivity index (χ4n) is 1.27. The van der Waals surface area contributed by atoms with Crippen LogP contribution in [-0.4, -0.2) is 11.7 Å². The fourth-order valence-corrected chi connectivity index (χ4v) is 1.27. The van der Waals surface area contributed by atoms with Gasteiger partial charge in [0, 0.05) is 0 Å². The van der Waals surface area contributed by atoms with Crippen molar-refractivity contribution in [2.24, 2.45) is 0 Å². The summed E-state index contributed by atoms with van der Waals surface area (Å²) < 4.78 is 5.48. The van der Waals surface area contributed by atoms with Gasteiger partial charge in [0.15, 0.2) is 0 Å². The van der Waals surface area contributed by atoms with E-state index in [1.54, 1.807) is 0 Å². The highest BCUT2D eigenvalue weighted by Gasteiger charge is 2.04. The SMILES string of the molecule is CCCOc1cccc(C(O)CC)c1. The minimum absolute atomic E-state index is 0.375. The van der Waals surface area contributed by atoms with Crippen molar-refractivity contribution in [3.63, 3.8) is 0 Å². The zero-order chi connectivity index (χ0) is 10.4. The van der Waals surface area contributed by atoms with Crippen molar-refractivity contribution in [2.75, 3.05) is 6.61 Å². The second-order valence-corrected chi connectivity index (χ2v) is 3.34. The highest BCUT2D eigenvalue weighted by Crippen LogP contribution is 2.21. The molecule has 1 unspecified atom stereocenters. The lowest BCUT2D eigenvalue weighted by molar-refractivity contribution is 0.173. The quantitative estimate of drug-likeness (QED) is 0.781. The van der Waals surface area contributed by atoms with Gasteiger partial charge in [0.1, 0.15) is 5.75 Å². The van der Waals surface area contributed by atoms with Crippen LogP contribution in [0.15, 0.2) is 24.3 Å². The maximum atomic E-state index is 9.62. The van der Waals surface area contributed by atoms with Gasteiger partial charge in [0.25, 0.3) is 0 Å². The molecule has 1 rings (SSSR count). The Morgan fingerprint density at radius 3 is 2.79 bits per heavy atom. The normalized spacial score (nSPS) is 12.5. The number of benzene rings is 1. The minimum atomic E-state index is -0.375. The first-order chi connectivity index (χ1) is 6.77. The number of hydrogen-bond acceptors (Lipinski definition) is 2. The highest BCUT2D eigenvalue weighted by atomic mass is 16.5. The van der Waals surface area contributed by atoms with Gasteiger partial charge in [-0.3, -0.25) is 0 Å². The Hall–Kier alpha value is -1.02. The zero-order valence-electron chi connectivity index (χ0n) is 8.86. The molecule has 0 fully saturated rings. The van der Waals surface area contributed by atoms with E-state index in [1.807, 2.05) is 31.2 Å². The van der Waals surface area contributed by atoms with Crippen LogP contribution in [0.5, 0.6) is 5.75 Å². The maximum absolute atomic E-state index is 9.62. The summed E-state index contributed by atoms with van der Waals surface area (Å²) >= 11 is 0. The zero-order valence-corrected chi connectivity index (χ0v) is 8.86. The van der Waals surface area contributed by atoms with Crippen LogP contribution in [0, 0.1) is 0 Å². The summed E-state index contributed by atoms with van der Waals surface area (Å²) in [6.45, 7) is 4.76. The first-order valence-corrected chi connectivity index (χ1v) is 5.18. The van der Waals surface area contributed by atoms with Crippen LogP contribution in [0.2, 0.25) is 0 Å². The minimum Gasteiger partial charge on any atom is -0.494 e. The molecule has 0 saturated heterocycles.